The summed E-state index contributed by atoms with van der Waals surface area (Å²) in [5.74, 6) is 1.07. The van der Waals surface area contributed by atoms with Gasteiger partial charge in [0.05, 0.1) is 6.04 Å². The molecule has 0 fully saturated rings. The minimum Gasteiger partial charge on any atom is -0.324 e. The van der Waals surface area contributed by atoms with Gasteiger partial charge < -0.3 is 4.57 Å². The third kappa shape index (κ3) is 2.35. The van der Waals surface area contributed by atoms with Crippen LogP contribution in [0.1, 0.15) is 41.6 Å². The molecule has 0 aliphatic carbocycles. The van der Waals surface area contributed by atoms with Crippen molar-refractivity contribution in [3.05, 3.63) is 53.6 Å². The zero-order valence-corrected chi connectivity index (χ0v) is 11.1. The van der Waals surface area contributed by atoms with Gasteiger partial charge in [-0.25, -0.2) is 4.98 Å². The van der Waals surface area contributed by atoms with E-state index in [1.165, 1.54) is 0 Å². The number of carbonyl (C=O) groups excluding carboxylic acids is 1. The number of aryl methyl sites for hydroxylation is 2. The van der Waals surface area contributed by atoms with Crippen molar-refractivity contribution in [1.82, 2.24) is 9.55 Å². The van der Waals surface area contributed by atoms with Gasteiger partial charge >= 0.3 is 0 Å². The van der Waals surface area contributed by atoms with Gasteiger partial charge in [-0.3, -0.25) is 4.79 Å². The van der Waals surface area contributed by atoms with Gasteiger partial charge in [-0.1, -0.05) is 36.8 Å². The number of Topliss-reactive ketones (excluding diaryl/α,β-unsaturated/α-hetero) is 1. The largest absolute Gasteiger partial charge is 0.324 e. The quantitative estimate of drug-likeness (QED) is 0.772. The molecule has 0 saturated carbocycles. The summed E-state index contributed by atoms with van der Waals surface area (Å²) in [5.41, 5.74) is 1.92. The fraction of sp³-hybridized carbons (Fsp3) is 0.333. The van der Waals surface area contributed by atoms with E-state index in [-0.39, 0.29) is 11.8 Å². The molecule has 0 radical (unpaired) electrons. The van der Waals surface area contributed by atoms with Gasteiger partial charge in [-0.05, 0) is 13.8 Å². The van der Waals surface area contributed by atoms with E-state index in [1.807, 2.05) is 55.8 Å². The van der Waals surface area contributed by atoms with Crippen LogP contribution in [-0.4, -0.2) is 15.3 Å². The Morgan fingerprint density at radius 2 is 2.00 bits per heavy atom. The summed E-state index contributed by atoms with van der Waals surface area (Å²) in [4.78, 5) is 16.6. The average Bonchev–Trinajstić information content (AvgIpc) is 2.86. The lowest BCUT2D eigenvalue weighted by atomic mass is 10.0. The summed E-state index contributed by atoms with van der Waals surface area (Å²) in [6, 6.07) is 7.50. The molecule has 1 aromatic carbocycles. The summed E-state index contributed by atoms with van der Waals surface area (Å²) >= 11 is 0. The van der Waals surface area contributed by atoms with Crippen molar-refractivity contribution in [2.24, 2.45) is 0 Å². The van der Waals surface area contributed by atoms with Crippen LogP contribution in [0.5, 0.6) is 0 Å². The highest BCUT2D eigenvalue weighted by molar-refractivity contribution is 5.98. The molecule has 3 nitrogen and oxygen atoms in total. The number of imidazole rings is 1. The van der Waals surface area contributed by atoms with Crippen molar-refractivity contribution in [2.75, 3.05) is 0 Å². The Labute approximate surface area is 107 Å². The van der Waals surface area contributed by atoms with Crippen molar-refractivity contribution in [3.63, 3.8) is 0 Å². The van der Waals surface area contributed by atoms with E-state index in [1.54, 1.807) is 6.20 Å². The Bertz CT molecular complexity index is 540. The third-order valence-corrected chi connectivity index (χ3v) is 3.20. The number of rotatable bonds is 4. The highest BCUT2D eigenvalue weighted by atomic mass is 16.1. The molecule has 1 heterocycles. The van der Waals surface area contributed by atoms with E-state index in [4.69, 9.17) is 0 Å². The van der Waals surface area contributed by atoms with Crippen LogP contribution in [0.2, 0.25) is 0 Å². The fourth-order valence-corrected chi connectivity index (χ4v) is 2.06. The van der Waals surface area contributed by atoms with Crippen LogP contribution < -0.4 is 0 Å². The Hall–Kier alpha value is -1.90. The molecule has 0 N–H and O–H groups in total. The minimum atomic E-state index is -0.204. The normalized spacial score (nSPS) is 12.4. The Morgan fingerprint density at radius 3 is 2.61 bits per heavy atom. The predicted molar refractivity (Wildman–Crippen MR) is 71.8 cm³/mol. The van der Waals surface area contributed by atoms with Crippen molar-refractivity contribution in [3.8, 4) is 0 Å². The molecule has 0 saturated heterocycles. The molecule has 0 bridgehead atoms. The Morgan fingerprint density at radius 1 is 1.33 bits per heavy atom. The number of hydrogen-bond acceptors (Lipinski definition) is 2. The second-order valence-electron chi connectivity index (χ2n) is 4.51. The average molecular weight is 242 g/mol. The third-order valence-electron chi connectivity index (χ3n) is 3.20. The molecule has 2 aromatic rings. The maximum atomic E-state index is 12.4. The maximum Gasteiger partial charge on any atom is 0.185 e. The van der Waals surface area contributed by atoms with E-state index < -0.39 is 0 Å². The first-order valence-electron chi connectivity index (χ1n) is 6.26. The van der Waals surface area contributed by atoms with Crippen LogP contribution in [0.15, 0.2) is 36.7 Å². The zero-order chi connectivity index (χ0) is 13.1. The van der Waals surface area contributed by atoms with Crippen LogP contribution in [-0.2, 0) is 6.42 Å². The molecular weight excluding hydrogens is 224 g/mol. The maximum absolute atomic E-state index is 12.4. The fourth-order valence-electron chi connectivity index (χ4n) is 2.06. The molecular formula is C15H18N2O. The lowest BCUT2D eigenvalue weighted by Gasteiger charge is -2.15. The first-order chi connectivity index (χ1) is 8.63. The number of ketones is 1. The number of hydrogen-bond donors (Lipinski definition) is 0. The molecule has 1 unspecified atom stereocenters. The second kappa shape index (κ2) is 5.17. The molecule has 1 atom stereocenters. The number of aromatic nitrogens is 2. The molecule has 2 rings (SSSR count). The van der Waals surface area contributed by atoms with Crippen LogP contribution in [0.25, 0.3) is 0 Å². The molecule has 0 aliphatic rings. The molecule has 18 heavy (non-hydrogen) atoms. The summed E-state index contributed by atoms with van der Waals surface area (Å²) in [6.45, 7) is 5.98. The SMILES string of the molecule is CCc1nccn1C(C)C(=O)c1ccc(C)cc1. The number of benzene rings is 1. The van der Waals surface area contributed by atoms with E-state index >= 15 is 0 Å². The predicted octanol–water partition coefficient (Wildman–Crippen LogP) is 3.20. The van der Waals surface area contributed by atoms with Crippen molar-refractivity contribution >= 4 is 5.78 Å². The van der Waals surface area contributed by atoms with Gasteiger partial charge in [0.2, 0.25) is 0 Å². The minimum absolute atomic E-state index is 0.128. The smallest absolute Gasteiger partial charge is 0.185 e. The molecule has 1 aromatic heterocycles. The first-order valence-corrected chi connectivity index (χ1v) is 6.26. The number of nitrogens with zero attached hydrogens (tertiary/aromatic N) is 2. The number of carbonyl (C=O) groups is 1. The Kier molecular flexibility index (Phi) is 3.60. The lowest BCUT2D eigenvalue weighted by Crippen LogP contribution is -2.18. The van der Waals surface area contributed by atoms with E-state index in [2.05, 4.69) is 4.98 Å². The molecule has 0 spiro atoms. The van der Waals surface area contributed by atoms with Gasteiger partial charge in [-0.2, -0.15) is 0 Å². The van der Waals surface area contributed by atoms with Gasteiger partial charge in [0.15, 0.2) is 5.78 Å². The second-order valence-corrected chi connectivity index (χ2v) is 4.51. The highest BCUT2D eigenvalue weighted by Crippen LogP contribution is 2.16. The van der Waals surface area contributed by atoms with Gasteiger partial charge in [0.25, 0.3) is 0 Å². The first kappa shape index (κ1) is 12.6. The van der Waals surface area contributed by atoms with Crippen LogP contribution in [0.3, 0.4) is 0 Å². The molecule has 0 amide bonds. The van der Waals surface area contributed by atoms with E-state index in [0.29, 0.717) is 0 Å². The van der Waals surface area contributed by atoms with Crippen molar-refractivity contribution < 1.29 is 4.79 Å². The lowest BCUT2D eigenvalue weighted by molar-refractivity contribution is 0.0933. The van der Waals surface area contributed by atoms with Crippen molar-refractivity contribution in [2.45, 2.75) is 33.2 Å². The molecule has 0 aliphatic heterocycles. The van der Waals surface area contributed by atoms with E-state index in [0.717, 1.165) is 23.4 Å². The Balaban J connectivity index is 2.26. The highest BCUT2D eigenvalue weighted by Gasteiger charge is 2.18. The van der Waals surface area contributed by atoms with Gasteiger partial charge in [-0.15, -0.1) is 0 Å². The summed E-state index contributed by atoms with van der Waals surface area (Å²) in [5, 5.41) is 0. The summed E-state index contributed by atoms with van der Waals surface area (Å²) < 4.78 is 1.95. The molecule has 94 valence electrons. The van der Waals surface area contributed by atoms with E-state index in [9.17, 15) is 4.79 Å². The monoisotopic (exact) mass is 242 g/mol. The zero-order valence-electron chi connectivity index (χ0n) is 11.1. The van der Waals surface area contributed by atoms with Crippen LogP contribution in [0.4, 0.5) is 0 Å². The van der Waals surface area contributed by atoms with Gasteiger partial charge in [0, 0.05) is 24.4 Å². The topological polar surface area (TPSA) is 34.9 Å². The standard InChI is InChI=1S/C15H18N2O/c1-4-14-16-9-10-17(14)12(3)15(18)13-7-5-11(2)6-8-13/h5-10,12H,4H2,1-3H3. The van der Waals surface area contributed by atoms with Gasteiger partial charge in [0.1, 0.15) is 5.82 Å². The van der Waals surface area contributed by atoms with Crippen LogP contribution in [0, 0.1) is 6.92 Å². The summed E-state index contributed by atoms with van der Waals surface area (Å²) in [6.07, 6.45) is 4.45. The summed E-state index contributed by atoms with van der Waals surface area (Å²) in [7, 11) is 0. The van der Waals surface area contributed by atoms with Crippen molar-refractivity contribution in [1.29, 1.82) is 0 Å². The molecule has 3 heteroatoms. The van der Waals surface area contributed by atoms with Crippen LogP contribution >= 0.6 is 0 Å².